The number of aliphatic hydroxyl groups is 1. The lowest BCUT2D eigenvalue weighted by Gasteiger charge is -2.53. The van der Waals surface area contributed by atoms with Crippen LogP contribution in [-0.4, -0.2) is 27.9 Å². The summed E-state index contributed by atoms with van der Waals surface area (Å²) < 4.78 is 0. The topological polar surface area (TPSA) is 69.6 Å². The Hall–Kier alpha value is -0.610. The van der Waals surface area contributed by atoms with Gasteiger partial charge in [0.05, 0.1) is 0 Å². The number of nitrogens with one attached hydrogen (secondary N) is 1. The van der Waals surface area contributed by atoms with Gasteiger partial charge in [0.15, 0.2) is 0 Å². The van der Waals surface area contributed by atoms with E-state index in [9.17, 15) is 9.90 Å². The molecule has 3 atom stereocenters. The minimum absolute atomic E-state index is 0.0660. The van der Waals surface area contributed by atoms with Crippen LogP contribution in [0, 0.1) is 5.92 Å². The molecule has 0 bridgehead atoms. The van der Waals surface area contributed by atoms with Crippen LogP contribution in [0.5, 0.6) is 0 Å². The standard InChI is InChI=1S/C8H13NO3/c10-7(11)6-5-3-1-2-4-8(5,12)9-6/h5-6,9,12H,1-4H2,(H,10,11)/t5?,6-,8?/m1/s1. The Balaban J connectivity index is 2.07. The molecule has 1 heterocycles. The number of carbonyl (C=O) groups is 1. The van der Waals surface area contributed by atoms with Crippen LogP contribution in [-0.2, 0) is 4.79 Å². The van der Waals surface area contributed by atoms with Crippen molar-refractivity contribution in [3.05, 3.63) is 0 Å². The molecular weight excluding hydrogens is 158 g/mol. The van der Waals surface area contributed by atoms with Crippen LogP contribution < -0.4 is 5.32 Å². The molecule has 2 aliphatic rings. The molecule has 1 saturated heterocycles. The Bertz CT molecular complexity index is 218. The average Bonchev–Trinajstić information content (AvgIpc) is 1.97. The van der Waals surface area contributed by atoms with E-state index in [0.717, 1.165) is 19.3 Å². The first-order valence-corrected chi connectivity index (χ1v) is 4.36. The molecule has 4 heteroatoms. The zero-order valence-electron chi connectivity index (χ0n) is 6.79. The van der Waals surface area contributed by atoms with Gasteiger partial charge in [-0.15, -0.1) is 0 Å². The van der Waals surface area contributed by atoms with Crippen LogP contribution in [0.3, 0.4) is 0 Å². The first-order chi connectivity index (χ1) is 5.63. The van der Waals surface area contributed by atoms with Crippen LogP contribution in [0.15, 0.2) is 0 Å². The summed E-state index contributed by atoms with van der Waals surface area (Å²) in [5.74, 6) is -0.907. The van der Waals surface area contributed by atoms with E-state index in [1.165, 1.54) is 0 Å². The quantitative estimate of drug-likeness (QED) is 0.516. The van der Waals surface area contributed by atoms with E-state index >= 15 is 0 Å². The van der Waals surface area contributed by atoms with Crippen LogP contribution in [0.25, 0.3) is 0 Å². The fourth-order valence-electron chi connectivity index (χ4n) is 2.31. The number of rotatable bonds is 1. The molecule has 0 radical (unpaired) electrons. The predicted molar refractivity (Wildman–Crippen MR) is 41.5 cm³/mol. The van der Waals surface area contributed by atoms with Gasteiger partial charge in [0, 0.05) is 5.92 Å². The van der Waals surface area contributed by atoms with Gasteiger partial charge in [-0.1, -0.05) is 6.42 Å². The fourth-order valence-corrected chi connectivity index (χ4v) is 2.31. The number of carboxylic acid groups (broad SMARTS) is 1. The van der Waals surface area contributed by atoms with Gasteiger partial charge >= 0.3 is 5.97 Å². The molecule has 4 nitrogen and oxygen atoms in total. The summed E-state index contributed by atoms with van der Waals surface area (Å²) in [5, 5.41) is 21.2. The van der Waals surface area contributed by atoms with Crippen molar-refractivity contribution in [2.24, 2.45) is 5.92 Å². The van der Waals surface area contributed by atoms with Crippen LogP contribution in [0.1, 0.15) is 25.7 Å². The van der Waals surface area contributed by atoms with Gasteiger partial charge < -0.3 is 10.2 Å². The molecular formula is C8H13NO3. The van der Waals surface area contributed by atoms with Gasteiger partial charge in [0.25, 0.3) is 0 Å². The van der Waals surface area contributed by atoms with Crippen molar-refractivity contribution in [3.8, 4) is 0 Å². The fraction of sp³-hybridized carbons (Fsp3) is 0.875. The molecule has 2 fully saturated rings. The van der Waals surface area contributed by atoms with Crippen LogP contribution in [0.2, 0.25) is 0 Å². The number of hydrogen-bond donors (Lipinski definition) is 3. The SMILES string of the molecule is O=C(O)[C@@H]1NC2(O)CCCCC12. The molecule has 0 aromatic rings. The highest BCUT2D eigenvalue weighted by atomic mass is 16.4. The number of aliphatic carboxylic acids is 1. The molecule has 0 spiro atoms. The van der Waals surface area contributed by atoms with Gasteiger partial charge in [0.1, 0.15) is 11.8 Å². The Morgan fingerprint density at radius 3 is 2.83 bits per heavy atom. The maximum absolute atomic E-state index is 10.6. The molecule has 1 saturated carbocycles. The number of carboxylic acids is 1. The second kappa shape index (κ2) is 2.44. The summed E-state index contributed by atoms with van der Waals surface area (Å²) >= 11 is 0. The van der Waals surface area contributed by atoms with Gasteiger partial charge in [-0.05, 0) is 19.3 Å². The summed E-state index contributed by atoms with van der Waals surface area (Å²) in [6.45, 7) is 0. The van der Waals surface area contributed by atoms with Gasteiger partial charge in [-0.25, -0.2) is 0 Å². The zero-order valence-corrected chi connectivity index (χ0v) is 6.79. The molecule has 68 valence electrons. The molecule has 1 aliphatic heterocycles. The summed E-state index contributed by atoms with van der Waals surface area (Å²) in [6.07, 6.45) is 3.56. The average molecular weight is 171 g/mol. The van der Waals surface area contributed by atoms with Crippen molar-refractivity contribution < 1.29 is 15.0 Å². The largest absolute Gasteiger partial charge is 0.480 e. The first kappa shape index (κ1) is 8.01. The van der Waals surface area contributed by atoms with Gasteiger partial charge in [-0.2, -0.15) is 0 Å². The third-order valence-electron chi connectivity index (χ3n) is 3.01. The van der Waals surface area contributed by atoms with Crippen molar-refractivity contribution in [2.75, 3.05) is 0 Å². The smallest absolute Gasteiger partial charge is 0.321 e. The highest BCUT2D eigenvalue weighted by Crippen LogP contribution is 2.41. The zero-order chi connectivity index (χ0) is 8.77. The Morgan fingerprint density at radius 1 is 1.50 bits per heavy atom. The summed E-state index contributed by atoms with van der Waals surface area (Å²) in [6, 6.07) is -0.518. The first-order valence-electron chi connectivity index (χ1n) is 4.36. The molecule has 0 aromatic carbocycles. The second-order valence-corrected chi connectivity index (χ2v) is 3.74. The summed E-state index contributed by atoms with van der Waals surface area (Å²) in [5.41, 5.74) is -0.860. The van der Waals surface area contributed by atoms with Crippen molar-refractivity contribution in [1.29, 1.82) is 0 Å². The highest BCUT2D eigenvalue weighted by molar-refractivity contribution is 5.75. The van der Waals surface area contributed by atoms with Crippen molar-refractivity contribution in [2.45, 2.75) is 37.5 Å². The monoisotopic (exact) mass is 171 g/mol. The number of hydrogen-bond acceptors (Lipinski definition) is 3. The normalized spacial score (nSPS) is 46.1. The van der Waals surface area contributed by atoms with E-state index in [2.05, 4.69) is 5.32 Å². The van der Waals surface area contributed by atoms with Gasteiger partial charge in [-0.3, -0.25) is 10.1 Å². The lowest BCUT2D eigenvalue weighted by atomic mass is 9.70. The Kier molecular flexibility index (Phi) is 1.63. The van der Waals surface area contributed by atoms with Crippen LogP contribution >= 0.6 is 0 Å². The lowest BCUT2D eigenvalue weighted by molar-refractivity contribution is -0.188. The highest BCUT2D eigenvalue weighted by Gasteiger charge is 2.56. The van der Waals surface area contributed by atoms with E-state index in [1.807, 2.05) is 0 Å². The molecule has 2 unspecified atom stereocenters. The minimum atomic E-state index is -0.860. The van der Waals surface area contributed by atoms with E-state index < -0.39 is 17.7 Å². The molecule has 0 amide bonds. The molecule has 3 N–H and O–H groups in total. The molecule has 12 heavy (non-hydrogen) atoms. The van der Waals surface area contributed by atoms with E-state index in [4.69, 9.17) is 5.11 Å². The molecule has 2 rings (SSSR count). The van der Waals surface area contributed by atoms with Gasteiger partial charge in [0.2, 0.25) is 0 Å². The van der Waals surface area contributed by atoms with E-state index in [0.29, 0.717) is 6.42 Å². The summed E-state index contributed by atoms with van der Waals surface area (Å²) in [7, 11) is 0. The Labute approximate surface area is 70.6 Å². The van der Waals surface area contributed by atoms with E-state index in [-0.39, 0.29) is 5.92 Å². The Morgan fingerprint density at radius 2 is 2.25 bits per heavy atom. The maximum atomic E-state index is 10.6. The summed E-state index contributed by atoms with van der Waals surface area (Å²) in [4.78, 5) is 10.6. The second-order valence-electron chi connectivity index (χ2n) is 3.74. The van der Waals surface area contributed by atoms with Crippen LogP contribution in [0.4, 0.5) is 0 Å². The minimum Gasteiger partial charge on any atom is -0.480 e. The third kappa shape index (κ3) is 0.949. The predicted octanol–water partition coefficient (Wildman–Crippen LogP) is -0.0784. The third-order valence-corrected chi connectivity index (χ3v) is 3.01. The molecule has 1 aliphatic carbocycles. The molecule has 0 aromatic heterocycles. The van der Waals surface area contributed by atoms with Crippen molar-refractivity contribution in [1.82, 2.24) is 5.32 Å². The van der Waals surface area contributed by atoms with E-state index in [1.54, 1.807) is 0 Å². The van der Waals surface area contributed by atoms with Crippen molar-refractivity contribution in [3.63, 3.8) is 0 Å². The lowest BCUT2D eigenvalue weighted by Crippen LogP contribution is -2.74. The maximum Gasteiger partial charge on any atom is 0.321 e. The van der Waals surface area contributed by atoms with Crippen molar-refractivity contribution >= 4 is 5.97 Å². The number of fused-ring (bicyclic) bond motifs is 1.